The molecule has 17 heavy (non-hydrogen) atoms. The predicted octanol–water partition coefficient (Wildman–Crippen LogP) is 2.53. The van der Waals surface area contributed by atoms with Crippen molar-refractivity contribution in [1.82, 2.24) is 5.32 Å². The minimum absolute atomic E-state index is 0.0918. The number of amides is 1. The molecule has 0 aliphatic carbocycles. The molecule has 0 aliphatic heterocycles. The molecule has 0 fully saturated rings. The average Bonchev–Trinajstić information content (AvgIpc) is 2.32. The van der Waals surface area contributed by atoms with Crippen LogP contribution in [0.1, 0.15) is 18.4 Å². The van der Waals surface area contributed by atoms with Gasteiger partial charge in [-0.1, -0.05) is 34.1 Å². The number of benzene rings is 1. The normalized spacial score (nSPS) is 10.2. The van der Waals surface area contributed by atoms with Gasteiger partial charge in [-0.3, -0.25) is 4.79 Å². The Morgan fingerprint density at radius 2 is 2.18 bits per heavy atom. The molecule has 0 unspecified atom stereocenters. The van der Waals surface area contributed by atoms with E-state index < -0.39 is 0 Å². The summed E-state index contributed by atoms with van der Waals surface area (Å²) in [6.07, 6.45) is 2.15. The summed E-state index contributed by atoms with van der Waals surface area (Å²) in [5.74, 6) is 0.0918. The topological polar surface area (TPSA) is 38.3 Å². The van der Waals surface area contributed by atoms with Crippen LogP contribution >= 0.6 is 15.9 Å². The quantitative estimate of drug-likeness (QED) is 0.786. The van der Waals surface area contributed by atoms with Crippen LogP contribution in [0, 0.1) is 0 Å². The Kier molecular flexibility index (Phi) is 6.89. The molecule has 94 valence electrons. The van der Waals surface area contributed by atoms with Crippen LogP contribution < -0.4 is 5.32 Å². The van der Waals surface area contributed by atoms with E-state index in [1.165, 1.54) is 5.56 Å². The second-order valence-electron chi connectivity index (χ2n) is 3.79. The van der Waals surface area contributed by atoms with E-state index in [4.69, 9.17) is 4.74 Å². The van der Waals surface area contributed by atoms with Gasteiger partial charge in [0.25, 0.3) is 0 Å². The zero-order valence-corrected chi connectivity index (χ0v) is 11.6. The SMILES string of the molecule is COCCCC(=O)NCCc1ccccc1Br. The lowest BCUT2D eigenvalue weighted by atomic mass is 10.1. The molecule has 0 spiro atoms. The van der Waals surface area contributed by atoms with Gasteiger partial charge in [-0.2, -0.15) is 0 Å². The molecule has 1 rings (SSSR count). The Balaban J connectivity index is 2.19. The number of carbonyl (C=O) groups excluding carboxylic acids is 1. The molecule has 0 aromatic heterocycles. The zero-order valence-electron chi connectivity index (χ0n) is 10.0. The van der Waals surface area contributed by atoms with Crippen LogP contribution in [0.5, 0.6) is 0 Å². The molecule has 1 N–H and O–H groups in total. The van der Waals surface area contributed by atoms with E-state index in [0.717, 1.165) is 17.3 Å². The number of methoxy groups -OCH3 is 1. The Morgan fingerprint density at radius 1 is 1.41 bits per heavy atom. The summed E-state index contributed by atoms with van der Waals surface area (Å²) in [5, 5.41) is 2.90. The number of hydrogen-bond acceptors (Lipinski definition) is 2. The highest BCUT2D eigenvalue weighted by molar-refractivity contribution is 9.10. The highest BCUT2D eigenvalue weighted by atomic mass is 79.9. The lowest BCUT2D eigenvalue weighted by Gasteiger charge is -2.06. The lowest BCUT2D eigenvalue weighted by molar-refractivity contribution is -0.121. The van der Waals surface area contributed by atoms with Crippen molar-refractivity contribution in [3.8, 4) is 0 Å². The summed E-state index contributed by atoms with van der Waals surface area (Å²) in [7, 11) is 1.64. The number of halogens is 1. The fourth-order valence-corrected chi connectivity index (χ4v) is 1.99. The minimum atomic E-state index is 0.0918. The molecular formula is C13H18BrNO2. The summed E-state index contributed by atoms with van der Waals surface area (Å²) in [6, 6.07) is 8.05. The van der Waals surface area contributed by atoms with Gasteiger partial charge in [0.15, 0.2) is 0 Å². The van der Waals surface area contributed by atoms with E-state index in [0.29, 0.717) is 19.6 Å². The monoisotopic (exact) mass is 299 g/mol. The maximum absolute atomic E-state index is 11.4. The third-order valence-electron chi connectivity index (χ3n) is 2.43. The van der Waals surface area contributed by atoms with E-state index in [1.54, 1.807) is 7.11 Å². The first kappa shape index (κ1) is 14.2. The van der Waals surface area contributed by atoms with Crippen molar-refractivity contribution < 1.29 is 9.53 Å². The smallest absolute Gasteiger partial charge is 0.220 e. The fourth-order valence-electron chi connectivity index (χ4n) is 1.50. The zero-order chi connectivity index (χ0) is 12.5. The Labute approximate surface area is 111 Å². The molecule has 0 heterocycles. The molecule has 3 nitrogen and oxygen atoms in total. The van der Waals surface area contributed by atoms with Gasteiger partial charge >= 0.3 is 0 Å². The van der Waals surface area contributed by atoms with Crippen LogP contribution in [0.3, 0.4) is 0 Å². The van der Waals surface area contributed by atoms with E-state index in [1.807, 2.05) is 18.2 Å². The second-order valence-corrected chi connectivity index (χ2v) is 4.64. The molecular weight excluding hydrogens is 282 g/mol. The molecule has 0 aliphatic rings. The van der Waals surface area contributed by atoms with Gasteiger partial charge in [0.2, 0.25) is 5.91 Å². The van der Waals surface area contributed by atoms with Crippen LogP contribution in [-0.2, 0) is 16.0 Å². The summed E-state index contributed by atoms with van der Waals surface area (Å²) < 4.78 is 5.99. The average molecular weight is 300 g/mol. The van der Waals surface area contributed by atoms with Crippen LogP contribution in [-0.4, -0.2) is 26.2 Å². The standard InChI is InChI=1S/C13H18BrNO2/c1-17-10-4-7-13(16)15-9-8-11-5-2-3-6-12(11)14/h2-3,5-6H,4,7-10H2,1H3,(H,15,16). The van der Waals surface area contributed by atoms with Gasteiger partial charge in [0, 0.05) is 31.2 Å². The number of rotatable bonds is 7. The highest BCUT2D eigenvalue weighted by Crippen LogP contribution is 2.15. The first-order valence-electron chi connectivity index (χ1n) is 5.73. The van der Waals surface area contributed by atoms with E-state index in [-0.39, 0.29) is 5.91 Å². The molecule has 1 aromatic carbocycles. The van der Waals surface area contributed by atoms with Crippen molar-refractivity contribution in [2.24, 2.45) is 0 Å². The van der Waals surface area contributed by atoms with Crippen molar-refractivity contribution in [3.05, 3.63) is 34.3 Å². The van der Waals surface area contributed by atoms with Crippen molar-refractivity contribution in [3.63, 3.8) is 0 Å². The van der Waals surface area contributed by atoms with Gasteiger partial charge in [-0.15, -0.1) is 0 Å². The number of ether oxygens (including phenoxy) is 1. The Morgan fingerprint density at radius 3 is 2.88 bits per heavy atom. The van der Waals surface area contributed by atoms with Gasteiger partial charge in [0.05, 0.1) is 0 Å². The number of hydrogen-bond donors (Lipinski definition) is 1. The van der Waals surface area contributed by atoms with Gasteiger partial charge in [0.1, 0.15) is 0 Å². The van der Waals surface area contributed by atoms with E-state index >= 15 is 0 Å². The highest BCUT2D eigenvalue weighted by Gasteiger charge is 2.02. The summed E-state index contributed by atoms with van der Waals surface area (Å²) >= 11 is 3.49. The molecule has 0 saturated heterocycles. The summed E-state index contributed by atoms with van der Waals surface area (Å²) in [6.45, 7) is 1.31. The third kappa shape index (κ3) is 5.84. The third-order valence-corrected chi connectivity index (χ3v) is 3.20. The number of carbonyl (C=O) groups is 1. The van der Waals surface area contributed by atoms with Crippen LogP contribution in [0.2, 0.25) is 0 Å². The Bertz CT molecular complexity index is 355. The minimum Gasteiger partial charge on any atom is -0.385 e. The largest absolute Gasteiger partial charge is 0.385 e. The first-order chi connectivity index (χ1) is 8.24. The van der Waals surface area contributed by atoms with Crippen molar-refractivity contribution in [2.75, 3.05) is 20.3 Å². The maximum atomic E-state index is 11.4. The molecule has 0 saturated carbocycles. The van der Waals surface area contributed by atoms with Gasteiger partial charge in [-0.25, -0.2) is 0 Å². The lowest BCUT2D eigenvalue weighted by Crippen LogP contribution is -2.25. The molecule has 1 aromatic rings. The molecule has 0 bridgehead atoms. The Hall–Kier alpha value is -0.870. The second kappa shape index (κ2) is 8.25. The molecule has 4 heteroatoms. The van der Waals surface area contributed by atoms with Crippen LogP contribution in [0.4, 0.5) is 0 Å². The van der Waals surface area contributed by atoms with E-state index in [9.17, 15) is 4.79 Å². The van der Waals surface area contributed by atoms with Gasteiger partial charge in [-0.05, 0) is 24.5 Å². The predicted molar refractivity (Wildman–Crippen MR) is 72.0 cm³/mol. The van der Waals surface area contributed by atoms with Crippen molar-refractivity contribution >= 4 is 21.8 Å². The number of nitrogens with one attached hydrogen (secondary N) is 1. The van der Waals surface area contributed by atoms with Crippen LogP contribution in [0.15, 0.2) is 28.7 Å². The summed E-state index contributed by atoms with van der Waals surface area (Å²) in [5.41, 5.74) is 1.21. The van der Waals surface area contributed by atoms with Gasteiger partial charge < -0.3 is 10.1 Å². The summed E-state index contributed by atoms with van der Waals surface area (Å²) in [4.78, 5) is 11.4. The van der Waals surface area contributed by atoms with E-state index in [2.05, 4.69) is 27.3 Å². The van der Waals surface area contributed by atoms with Crippen molar-refractivity contribution in [2.45, 2.75) is 19.3 Å². The maximum Gasteiger partial charge on any atom is 0.220 e. The van der Waals surface area contributed by atoms with Crippen LogP contribution in [0.25, 0.3) is 0 Å². The molecule has 0 atom stereocenters. The fraction of sp³-hybridized carbons (Fsp3) is 0.462. The molecule has 0 radical (unpaired) electrons. The van der Waals surface area contributed by atoms with Crippen molar-refractivity contribution in [1.29, 1.82) is 0 Å². The first-order valence-corrected chi connectivity index (χ1v) is 6.52. The molecule has 1 amide bonds.